The van der Waals surface area contributed by atoms with Gasteiger partial charge in [0.1, 0.15) is 5.52 Å². The van der Waals surface area contributed by atoms with Crippen LogP contribution in [-0.2, 0) is 4.79 Å². The van der Waals surface area contributed by atoms with Crippen molar-refractivity contribution in [3.63, 3.8) is 0 Å². The summed E-state index contributed by atoms with van der Waals surface area (Å²) in [7, 11) is 3.12. The molecular formula is C19H23N5O4S. The number of carbonyl (C=O) groups excluding carboxylic acids is 1. The van der Waals surface area contributed by atoms with Gasteiger partial charge < -0.3 is 14.4 Å². The number of benzene rings is 1. The minimum atomic E-state index is -0.358. The summed E-state index contributed by atoms with van der Waals surface area (Å²) in [5.74, 6) is 1.38. The summed E-state index contributed by atoms with van der Waals surface area (Å²) in [6.45, 7) is 5.17. The van der Waals surface area contributed by atoms with Gasteiger partial charge in [-0.3, -0.25) is 9.59 Å². The average molecular weight is 417 g/mol. The number of aromatic amines is 1. The Morgan fingerprint density at radius 3 is 2.55 bits per heavy atom. The van der Waals surface area contributed by atoms with E-state index in [4.69, 9.17) is 9.47 Å². The predicted molar refractivity (Wildman–Crippen MR) is 111 cm³/mol. The molecule has 1 amide bonds. The number of hydrogen-bond acceptors (Lipinski definition) is 7. The van der Waals surface area contributed by atoms with E-state index in [9.17, 15) is 9.59 Å². The molecule has 1 aromatic carbocycles. The van der Waals surface area contributed by atoms with Crippen molar-refractivity contribution < 1.29 is 14.3 Å². The monoisotopic (exact) mass is 417 g/mol. The molecule has 2 heterocycles. The maximum atomic E-state index is 12.3. The van der Waals surface area contributed by atoms with Gasteiger partial charge in [-0.05, 0) is 38.1 Å². The molecule has 0 spiro atoms. The smallest absolute Gasteiger partial charge is 0.290 e. The van der Waals surface area contributed by atoms with Crippen LogP contribution in [0.5, 0.6) is 11.5 Å². The molecule has 3 aromatic rings. The fraction of sp³-hybridized carbons (Fsp3) is 0.368. The number of hydrogen-bond donors (Lipinski definition) is 1. The standard InChI is InChI=1S/C19H23N5O4S/c1-5-23(6-2)17(25)11-29-19-21-20-18(26)14-10-13(22-24(14)19)12-7-8-15(27-3)16(9-12)28-4/h7-10H,5-6,11H2,1-4H3,(H,20,26). The van der Waals surface area contributed by atoms with E-state index in [2.05, 4.69) is 15.3 Å². The Labute approximate surface area is 172 Å². The van der Waals surface area contributed by atoms with Gasteiger partial charge in [-0.2, -0.15) is 5.10 Å². The fourth-order valence-corrected chi connectivity index (χ4v) is 3.72. The summed E-state index contributed by atoms with van der Waals surface area (Å²) >= 11 is 1.23. The number of nitrogens with zero attached hydrogens (tertiary/aromatic N) is 4. The molecule has 0 bridgehead atoms. The van der Waals surface area contributed by atoms with Crippen LogP contribution in [-0.4, -0.2) is 63.7 Å². The summed E-state index contributed by atoms with van der Waals surface area (Å²) in [6, 6.07) is 7.08. The first-order valence-electron chi connectivity index (χ1n) is 9.13. The van der Waals surface area contributed by atoms with Gasteiger partial charge in [0.25, 0.3) is 5.56 Å². The maximum absolute atomic E-state index is 12.3. The molecule has 0 saturated heterocycles. The van der Waals surface area contributed by atoms with Gasteiger partial charge in [0.15, 0.2) is 11.5 Å². The molecule has 0 atom stereocenters. The number of amides is 1. The highest BCUT2D eigenvalue weighted by molar-refractivity contribution is 7.99. The number of ether oxygens (including phenoxy) is 2. The van der Waals surface area contributed by atoms with E-state index in [0.29, 0.717) is 41.0 Å². The lowest BCUT2D eigenvalue weighted by molar-refractivity contribution is -0.127. The van der Waals surface area contributed by atoms with Gasteiger partial charge in [0.05, 0.1) is 25.7 Å². The minimum absolute atomic E-state index is 0.00780. The van der Waals surface area contributed by atoms with E-state index in [1.54, 1.807) is 37.3 Å². The Balaban J connectivity index is 1.95. The zero-order chi connectivity index (χ0) is 21.0. The van der Waals surface area contributed by atoms with Crippen molar-refractivity contribution in [2.75, 3.05) is 33.1 Å². The number of carbonyl (C=O) groups is 1. The second-order valence-corrected chi connectivity index (χ2v) is 7.03. The highest BCUT2D eigenvalue weighted by atomic mass is 32.2. The van der Waals surface area contributed by atoms with Gasteiger partial charge in [-0.25, -0.2) is 9.61 Å². The van der Waals surface area contributed by atoms with Gasteiger partial charge in [0.2, 0.25) is 11.1 Å². The second kappa shape index (κ2) is 8.99. The van der Waals surface area contributed by atoms with Crippen LogP contribution in [0.2, 0.25) is 0 Å². The number of aromatic nitrogens is 4. The van der Waals surface area contributed by atoms with Crippen LogP contribution in [0, 0.1) is 0 Å². The Bertz CT molecular complexity index is 1070. The summed E-state index contributed by atoms with van der Waals surface area (Å²) in [5.41, 5.74) is 1.34. The van der Waals surface area contributed by atoms with Crippen molar-refractivity contribution >= 4 is 23.2 Å². The Morgan fingerprint density at radius 2 is 1.90 bits per heavy atom. The second-order valence-electron chi connectivity index (χ2n) is 6.09. The third-order valence-corrected chi connectivity index (χ3v) is 5.41. The van der Waals surface area contributed by atoms with Crippen LogP contribution in [0.15, 0.2) is 34.2 Å². The summed E-state index contributed by atoms with van der Waals surface area (Å²) < 4.78 is 12.1. The Morgan fingerprint density at radius 1 is 1.17 bits per heavy atom. The summed E-state index contributed by atoms with van der Waals surface area (Å²) in [6.07, 6.45) is 0. The van der Waals surface area contributed by atoms with E-state index in [1.165, 1.54) is 16.3 Å². The van der Waals surface area contributed by atoms with E-state index >= 15 is 0 Å². The maximum Gasteiger partial charge on any atom is 0.290 e. The highest BCUT2D eigenvalue weighted by Gasteiger charge is 2.16. The van der Waals surface area contributed by atoms with Crippen molar-refractivity contribution in [3.8, 4) is 22.8 Å². The van der Waals surface area contributed by atoms with Crippen molar-refractivity contribution in [2.24, 2.45) is 0 Å². The Kier molecular flexibility index (Phi) is 6.42. The molecule has 0 aliphatic carbocycles. The first-order valence-corrected chi connectivity index (χ1v) is 10.1. The number of rotatable bonds is 8. The largest absolute Gasteiger partial charge is 0.493 e. The number of thioether (sulfide) groups is 1. The molecule has 0 saturated carbocycles. The Hall–Kier alpha value is -3.01. The SMILES string of the molecule is CCN(CC)C(=O)CSc1n[nH]c(=O)c2cc(-c3ccc(OC)c(OC)c3)nn12. The molecule has 2 aromatic heterocycles. The minimum Gasteiger partial charge on any atom is -0.493 e. The molecule has 3 rings (SSSR count). The van der Waals surface area contributed by atoms with Crippen LogP contribution in [0.25, 0.3) is 16.8 Å². The zero-order valence-corrected chi connectivity index (χ0v) is 17.6. The molecular weight excluding hydrogens is 394 g/mol. The summed E-state index contributed by atoms with van der Waals surface area (Å²) in [5, 5.41) is 11.5. The number of nitrogens with one attached hydrogen (secondary N) is 1. The normalized spacial score (nSPS) is 10.9. The predicted octanol–water partition coefficient (Wildman–Crippen LogP) is 2.06. The number of methoxy groups -OCH3 is 2. The molecule has 0 radical (unpaired) electrons. The van der Waals surface area contributed by atoms with Gasteiger partial charge in [0, 0.05) is 18.7 Å². The van der Waals surface area contributed by atoms with Gasteiger partial charge >= 0.3 is 0 Å². The third-order valence-electron chi connectivity index (χ3n) is 4.50. The topological polar surface area (TPSA) is 102 Å². The first kappa shape index (κ1) is 20.7. The number of fused-ring (bicyclic) bond motifs is 1. The molecule has 0 unspecified atom stereocenters. The van der Waals surface area contributed by atoms with Crippen molar-refractivity contribution in [1.29, 1.82) is 0 Å². The molecule has 9 nitrogen and oxygen atoms in total. The fourth-order valence-electron chi connectivity index (χ4n) is 2.92. The molecule has 0 aliphatic rings. The zero-order valence-electron chi connectivity index (χ0n) is 16.8. The van der Waals surface area contributed by atoms with Gasteiger partial charge in [-0.1, -0.05) is 11.8 Å². The molecule has 0 fully saturated rings. The van der Waals surface area contributed by atoms with Crippen LogP contribution < -0.4 is 15.0 Å². The average Bonchev–Trinajstić information content (AvgIpc) is 3.20. The van der Waals surface area contributed by atoms with E-state index in [0.717, 1.165) is 5.56 Å². The van der Waals surface area contributed by atoms with Crippen molar-refractivity contribution in [2.45, 2.75) is 19.0 Å². The van der Waals surface area contributed by atoms with E-state index in [1.807, 2.05) is 19.9 Å². The third kappa shape index (κ3) is 4.21. The van der Waals surface area contributed by atoms with Crippen LogP contribution in [0.3, 0.4) is 0 Å². The molecule has 0 aliphatic heterocycles. The van der Waals surface area contributed by atoms with Crippen LogP contribution in [0.1, 0.15) is 13.8 Å². The van der Waals surface area contributed by atoms with Crippen molar-refractivity contribution in [3.05, 3.63) is 34.6 Å². The highest BCUT2D eigenvalue weighted by Crippen LogP contribution is 2.32. The molecule has 10 heteroatoms. The lowest BCUT2D eigenvalue weighted by Crippen LogP contribution is -2.32. The molecule has 1 N–H and O–H groups in total. The van der Waals surface area contributed by atoms with Crippen LogP contribution in [0.4, 0.5) is 0 Å². The molecule has 154 valence electrons. The molecule has 29 heavy (non-hydrogen) atoms. The van der Waals surface area contributed by atoms with E-state index < -0.39 is 0 Å². The quantitative estimate of drug-likeness (QED) is 0.560. The van der Waals surface area contributed by atoms with E-state index in [-0.39, 0.29) is 17.2 Å². The summed E-state index contributed by atoms with van der Waals surface area (Å²) in [4.78, 5) is 26.3. The van der Waals surface area contributed by atoms with Gasteiger partial charge in [-0.15, -0.1) is 5.10 Å². The lowest BCUT2D eigenvalue weighted by atomic mass is 10.1. The first-order chi connectivity index (χ1) is 14.0. The van der Waals surface area contributed by atoms with Crippen LogP contribution >= 0.6 is 11.8 Å². The number of H-pyrrole nitrogens is 1. The lowest BCUT2D eigenvalue weighted by Gasteiger charge is -2.17. The van der Waals surface area contributed by atoms with Crippen molar-refractivity contribution in [1.82, 2.24) is 24.7 Å².